The summed E-state index contributed by atoms with van der Waals surface area (Å²) in [6.07, 6.45) is 1.68. The molecule has 1 aromatic rings. The van der Waals surface area contributed by atoms with E-state index < -0.39 is 30.2 Å². The highest BCUT2D eigenvalue weighted by Gasteiger charge is 2.21. The minimum atomic E-state index is -1.29. The number of carboxylic acids is 1. The highest BCUT2D eigenvalue weighted by molar-refractivity contribution is 5.88. The van der Waals surface area contributed by atoms with Gasteiger partial charge in [-0.2, -0.15) is 0 Å². The SMILES string of the molecule is NC(=O)C[C@@H](NC(=O)CCc1ccccn1)C(=O)O. The Morgan fingerprint density at radius 3 is 2.63 bits per heavy atom. The molecule has 7 nitrogen and oxygen atoms in total. The van der Waals surface area contributed by atoms with Gasteiger partial charge in [-0.25, -0.2) is 4.79 Å². The van der Waals surface area contributed by atoms with Gasteiger partial charge in [0.05, 0.1) is 6.42 Å². The summed E-state index contributed by atoms with van der Waals surface area (Å²) in [6.45, 7) is 0. The van der Waals surface area contributed by atoms with Gasteiger partial charge in [-0.15, -0.1) is 0 Å². The van der Waals surface area contributed by atoms with Crippen LogP contribution in [-0.2, 0) is 20.8 Å². The predicted octanol–water partition coefficient (Wildman–Crippen LogP) is -0.541. The first-order chi connectivity index (χ1) is 8.99. The van der Waals surface area contributed by atoms with Crippen LogP contribution in [0.25, 0.3) is 0 Å². The zero-order valence-electron chi connectivity index (χ0n) is 10.2. The number of aliphatic carboxylic acids is 1. The number of amides is 2. The Kier molecular flexibility index (Phi) is 5.46. The first kappa shape index (κ1) is 14.6. The fraction of sp³-hybridized carbons (Fsp3) is 0.333. The number of nitrogens with one attached hydrogen (secondary N) is 1. The first-order valence-corrected chi connectivity index (χ1v) is 5.69. The van der Waals surface area contributed by atoms with Gasteiger partial charge in [-0.3, -0.25) is 14.6 Å². The third-order valence-corrected chi connectivity index (χ3v) is 2.37. The zero-order valence-corrected chi connectivity index (χ0v) is 10.2. The second kappa shape index (κ2) is 7.10. The van der Waals surface area contributed by atoms with Crippen molar-refractivity contribution in [2.75, 3.05) is 0 Å². The molecule has 7 heteroatoms. The van der Waals surface area contributed by atoms with Gasteiger partial charge in [0.15, 0.2) is 0 Å². The maximum Gasteiger partial charge on any atom is 0.326 e. The van der Waals surface area contributed by atoms with E-state index in [0.29, 0.717) is 6.42 Å². The lowest BCUT2D eigenvalue weighted by Gasteiger charge is -2.12. The Labute approximate surface area is 109 Å². The molecule has 0 unspecified atom stereocenters. The van der Waals surface area contributed by atoms with Crippen molar-refractivity contribution in [1.29, 1.82) is 0 Å². The first-order valence-electron chi connectivity index (χ1n) is 5.69. The van der Waals surface area contributed by atoms with E-state index >= 15 is 0 Å². The average Bonchev–Trinajstić information content (AvgIpc) is 2.36. The molecule has 0 aliphatic rings. The molecule has 1 rings (SSSR count). The molecular weight excluding hydrogens is 250 g/mol. The Hall–Kier alpha value is -2.44. The van der Waals surface area contributed by atoms with Crippen molar-refractivity contribution in [3.05, 3.63) is 30.1 Å². The number of aryl methyl sites for hydroxylation is 1. The topological polar surface area (TPSA) is 122 Å². The van der Waals surface area contributed by atoms with Crippen molar-refractivity contribution in [1.82, 2.24) is 10.3 Å². The number of aromatic nitrogens is 1. The molecule has 102 valence electrons. The molecule has 0 saturated heterocycles. The minimum Gasteiger partial charge on any atom is -0.480 e. The molecule has 1 atom stereocenters. The zero-order chi connectivity index (χ0) is 14.3. The van der Waals surface area contributed by atoms with E-state index in [1.165, 1.54) is 0 Å². The molecule has 0 fully saturated rings. The summed E-state index contributed by atoms with van der Waals surface area (Å²) >= 11 is 0. The van der Waals surface area contributed by atoms with Crippen LogP contribution in [0.15, 0.2) is 24.4 Å². The summed E-state index contributed by atoms with van der Waals surface area (Å²) in [5, 5.41) is 11.1. The van der Waals surface area contributed by atoms with E-state index in [1.807, 2.05) is 0 Å². The van der Waals surface area contributed by atoms with Crippen LogP contribution in [0.5, 0.6) is 0 Å². The molecule has 4 N–H and O–H groups in total. The summed E-state index contributed by atoms with van der Waals surface area (Å²) in [5.41, 5.74) is 5.64. The number of rotatable bonds is 7. The molecule has 0 aromatic carbocycles. The molecule has 2 amide bonds. The number of carboxylic acid groups (broad SMARTS) is 1. The van der Waals surface area contributed by atoms with E-state index in [2.05, 4.69) is 10.3 Å². The quantitative estimate of drug-likeness (QED) is 0.611. The van der Waals surface area contributed by atoms with Gasteiger partial charge < -0.3 is 16.2 Å². The van der Waals surface area contributed by atoms with Crippen LogP contribution in [0.2, 0.25) is 0 Å². The van der Waals surface area contributed by atoms with E-state index in [-0.39, 0.29) is 6.42 Å². The second-order valence-corrected chi connectivity index (χ2v) is 3.95. The van der Waals surface area contributed by atoms with Gasteiger partial charge in [0.1, 0.15) is 6.04 Å². The van der Waals surface area contributed by atoms with E-state index in [0.717, 1.165) is 5.69 Å². The summed E-state index contributed by atoms with van der Waals surface area (Å²) < 4.78 is 0. The van der Waals surface area contributed by atoms with Crippen molar-refractivity contribution in [3.63, 3.8) is 0 Å². The van der Waals surface area contributed by atoms with Crippen LogP contribution in [0.3, 0.4) is 0 Å². The summed E-state index contributed by atoms with van der Waals surface area (Å²) in [5.74, 6) is -2.53. The number of nitrogens with zero attached hydrogens (tertiary/aromatic N) is 1. The van der Waals surface area contributed by atoms with Crippen LogP contribution in [0.1, 0.15) is 18.5 Å². The van der Waals surface area contributed by atoms with Crippen LogP contribution >= 0.6 is 0 Å². The minimum absolute atomic E-state index is 0.0968. The molecule has 0 aliphatic carbocycles. The fourth-order valence-electron chi connectivity index (χ4n) is 1.46. The molecule has 0 radical (unpaired) electrons. The number of carbonyl (C=O) groups is 3. The molecule has 1 aromatic heterocycles. The fourth-order valence-corrected chi connectivity index (χ4v) is 1.46. The molecule has 0 bridgehead atoms. The number of hydrogen-bond acceptors (Lipinski definition) is 4. The van der Waals surface area contributed by atoms with Crippen molar-refractivity contribution >= 4 is 17.8 Å². The molecule has 0 saturated carbocycles. The lowest BCUT2D eigenvalue weighted by Crippen LogP contribution is -2.43. The lowest BCUT2D eigenvalue weighted by molar-refractivity contribution is -0.143. The summed E-state index contributed by atoms with van der Waals surface area (Å²) in [7, 11) is 0. The van der Waals surface area contributed by atoms with Crippen molar-refractivity contribution in [2.24, 2.45) is 5.73 Å². The maximum absolute atomic E-state index is 11.6. The van der Waals surface area contributed by atoms with E-state index in [9.17, 15) is 14.4 Å². The lowest BCUT2D eigenvalue weighted by atomic mass is 10.1. The summed E-state index contributed by atoms with van der Waals surface area (Å²) in [6, 6.07) is 4.05. The predicted molar refractivity (Wildman–Crippen MR) is 65.9 cm³/mol. The number of primary amides is 1. The van der Waals surface area contributed by atoms with Crippen LogP contribution in [0, 0.1) is 0 Å². The third kappa shape index (κ3) is 5.62. The van der Waals surface area contributed by atoms with Gasteiger partial charge in [0, 0.05) is 18.3 Å². The van der Waals surface area contributed by atoms with Crippen LogP contribution in [0.4, 0.5) is 0 Å². The molecule has 1 heterocycles. The van der Waals surface area contributed by atoms with Gasteiger partial charge in [0.2, 0.25) is 11.8 Å². The number of hydrogen-bond donors (Lipinski definition) is 3. The molecule has 19 heavy (non-hydrogen) atoms. The van der Waals surface area contributed by atoms with Crippen molar-refractivity contribution in [3.8, 4) is 0 Å². The van der Waals surface area contributed by atoms with Crippen LogP contribution in [-0.4, -0.2) is 33.9 Å². The number of carbonyl (C=O) groups excluding carboxylic acids is 2. The number of nitrogens with two attached hydrogens (primary N) is 1. The van der Waals surface area contributed by atoms with Crippen molar-refractivity contribution < 1.29 is 19.5 Å². The average molecular weight is 265 g/mol. The van der Waals surface area contributed by atoms with Gasteiger partial charge in [-0.1, -0.05) is 6.07 Å². The standard InChI is InChI=1S/C12H15N3O4/c13-10(16)7-9(12(18)19)15-11(17)5-4-8-3-1-2-6-14-8/h1-3,6,9H,4-5,7H2,(H2,13,16)(H,15,17)(H,18,19)/t9-/m1/s1. The Bertz CT molecular complexity index is 461. The molecule has 0 spiro atoms. The number of pyridine rings is 1. The molecular formula is C12H15N3O4. The van der Waals surface area contributed by atoms with Gasteiger partial charge in [-0.05, 0) is 18.6 Å². The largest absolute Gasteiger partial charge is 0.480 e. The smallest absolute Gasteiger partial charge is 0.326 e. The Balaban J connectivity index is 2.45. The highest BCUT2D eigenvalue weighted by atomic mass is 16.4. The Morgan fingerprint density at radius 1 is 1.37 bits per heavy atom. The van der Waals surface area contributed by atoms with Crippen LogP contribution < -0.4 is 11.1 Å². The highest BCUT2D eigenvalue weighted by Crippen LogP contribution is 1.99. The maximum atomic E-state index is 11.6. The normalized spacial score (nSPS) is 11.6. The molecule has 0 aliphatic heterocycles. The second-order valence-electron chi connectivity index (χ2n) is 3.95. The van der Waals surface area contributed by atoms with E-state index in [4.69, 9.17) is 10.8 Å². The van der Waals surface area contributed by atoms with E-state index in [1.54, 1.807) is 24.4 Å². The van der Waals surface area contributed by atoms with Gasteiger partial charge in [0.25, 0.3) is 0 Å². The third-order valence-electron chi connectivity index (χ3n) is 2.37. The monoisotopic (exact) mass is 265 g/mol. The summed E-state index contributed by atoms with van der Waals surface area (Å²) in [4.78, 5) is 37.1. The Morgan fingerprint density at radius 2 is 2.11 bits per heavy atom. The van der Waals surface area contributed by atoms with Gasteiger partial charge >= 0.3 is 5.97 Å². The van der Waals surface area contributed by atoms with Crippen molar-refractivity contribution in [2.45, 2.75) is 25.3 Å².